The molecular weight excluding hydrogens is 186 g/mol. The van der Waals surface area contributed by atoms with Crippen LogP contribution in [0.5, 0.6) is 0 Å². The number of thiazole rings is 1. The minimum absolute atomic E-state index is 0.0638. The molecule has 0 fully saturated rings. The number of nitrogens with two attached hydrogens (primary N) is 1. The van der Waals surface area contributed by atoms with Gasteiger partial charge in [0.25, 0.3) is 0 Å². The minimum atomic E-state index is 0.0638. The maximum atomic E-state index is 11.3. The maximum absolute atomic E-state index is 11.3. The Morgan fingerprint density at radius 1 is 1.69 bits per heavy atom. The normalized spacial score (nSPS) is 10.1. The summed E-state index contributed by atoms with van der Waals surface area (Å²) in [5.41, 5.74) is 6.22. The molecule has 0 radical (unpaired) electrons. The molecule has 0 saturated heterocycles. The Kier molecular flexibility index (Phi) is 3.39. The molecule has 0 aliphatic rings. The maximum Gasteiger partial charge on any atom is 0.228 e. The zero-order chi connectivity index (χ0) is 9.84. The number of aromatic nitrogens is 1. The fourth-order valence-electron chi connectivity index (χ4n) is 0.837. The second-order valence-corrected chi connectivity index (χ2v) is 3.84. The van der Waals surface area contributed by atoms with Gasteiger partial charge in [-0.1, -0.05) is 0 Å². The van der Waals surface area contributed by atoms with Gasteiger partial charge in [0.2, 0.25) is 5.91 Å². The van der Waals surface area contributed by atoms with Crippen LogP contribution in [0.3, 0.4) is 0 Å². The van der Waals surface area contributed by atoms with Gasteiger partial charge < -0.3 is 10.6 Å². The van der Waals surface area contributed by atoms with E-state index in [1.807, 2.05) is 5.38 Å². The Morgan fingerprint density at radius 3 is 2.85 bits per heavy atom. The van der Waals surface area contributed by atoms with Crippen molar-refractivity contribution in [2.75, 3.05) is 14.1 Å². The van der Waals surface area contributed by atoms with Crippen molar-refractivity contribution < 1.29 is 4.79 Å². The van der Waals surface area contributed by atoms with Crippen molar-refractivity contribution in [3.8, 4) is 0 Å². The third-order valence-corrected chi connectivity index (χ3v) is 2.53. The number of carbonyl (C=O) groups excluding carboxylic acids is 1. The van der Waals surface area contributed by atoms with Gasteiger partial charge in [-0.15, -0.1) is 11.3 Å². The molecule has 1 heterocycles. The zero-order valence-corrected chi connectivity index (χ0v) is 8.60. The van der Waals surface area contributed by atoms with E-state index in [0.29, 0.717) is 13.0 Å². The molecule has 13 heavy (non-hydrogen) atoms. The van der Waals surface area contributed by atoms with Gasteiger partial charge in [-0.2, -0.15) is 0 Å². The quantitative estimate of drug-likeness (QED) is 0.758. The first-order valence-corrected chi connectivity index (χ1v) is 4.85. The van der Waals surface area contributed by atoms with Crippen LogP contribution in [-0.4, -0.2) is 29.9 Å². The first-order valence-electron chi connectivity index (χ1n) is 3.97. The van der Waals surface area contributed by atoms with E-state index in [-0.39, 0.29) is 5.91 Å². The first kappa shape index (κ1) is 10.1. The topological polar surface area (TPSA) is 59.2 Å². The molecule has 0 bridgehead atoms. The summed E-state index contributed by atoms with van der Waals surface area (Å²) in [4.78, 5) is 17.0. The summed E-state index contributed by atoms with van der Waals surface area (Å²) in [6, 6.07) is 0. The molecule has 5 heteroatoms. The average Bonchev–Trinajstić information content (AvgIpc) is 2.52. The Bertz CT molecular complexity index is 295. The molecule has 2 N–H and O–H groups in total. The largest absolute Gasteiger partial charge is 0.348 e. The highest BCUT2D eigenvalue weighted by molar-refractivity contribution is 7.09. The van der Waals surface area contributed by atoms with Crippen LogP contribution in [0.1, 0.15) is 10.7 Å². The zero-order valence-electron chi connectivity index (χ0n) is 7.78. The summed E-state index contributed by atoms with van der Waals surface area (Å²) >= 11 is 1.50. The molecule has 0 aliphatic carbocycles. The smallest absolute Gasteiger partial charge is 0.228 e. The summed E-state index contributed by atoms with van der Waals surface area (Å²) in [6.45, 7) is 0.445. The molecule has 0 aliphatic heterocycles. The lowest BCUT2D eigenvalue weighted by molar-refractivity contribution is -0.128. The molecule has 1 amide bonds. The Morgan fingerprint density at radius 2 is 2.38 bits per heavy atom. The van der Waals surface area contributed by atoms with E-state index in [0.717, 1.165) is 10.7 Å². The van der Waals surface area contributed by atoms with Gasteiger partial charge in [0.1, 0.15) is 5.01 Å². The second-order valence-electron chi connectivity index (χ2n) is 2.90. The van der Waals surface area contributed by atoms with Crippen LogP contribution in [-0.2, 0) is 17.8 Å². The van der Waals surface area contributed by atoms with Crippen LogP contribution in [0.4, 0.5) is 0 Å². The molecule has 4 nitrogen and oxygen atoms in total. The van der Waals surface area contributed by atoms with Crippen molar-refractivity contribution in [2.45, 2.75) is 13.0 Å². The Hall–Kier alpha value is -0.940. The number of rotatable bonds is 3. The lowest BCUT2D eigenvalue weighted by Crippen LogP contribution is -2.23. The third kappa shape index (κ3) is 2.78. The minimum Gasteiger partial charge on any atom is -0.348 e. The van der Waals surface area contributed by atoms with Gasteiger partial charge >= 0.3 is 0 Å². The number of hydrogen-bond acceptors (Lipinski definition) is 4. The first-order chi connectivity index (χ1) is 6.13. The SMILES string of the molecule is CN(C)C(=O)Cc1csc(CN)n1. The molecule has 1 aromatic heterocycles. The van der Waals surface area contributed by atoms with Crippen molar-refractivity contribution in [3.05, 3.63) is 16.1 Å². The van der Waals surface area contributed by atoms with Crippen LogP contribution in [0, 0.1) is 0 Å². The number of hydrogen-bond donors (Lipinski definition) is 1. The van der Waals surface area contributed by atoms with E-state index in [9.17, 15) is 4.79 Å². The summed E-state index contributed by atoms with van der Waals surface area (Å²) in [7, 11) is 3.47. The van der Waals surface area contributed by atoms with E-state index in [4.69, 9.17) is 5.73 Å². The van der Waals surface area contributed by atoms with E-state index in [1.54, 1.807) is 19.0 Å². The van der Waals surface area contributed by atoms with Crippen molar-refractivity contribution in [3.63, 3.8) is 0 Å². The highest BCUT2D eigenvalue weighted by atomic mass is 32.1. The fourth-order valence-corrected chi connectivity index (χ4v) is 1.51. The Balaban J connectivity index is 2.59. The summed E-state index contributed by atoms with van der Waals surface area (Å²) in [5, 5.41) is 2.76. The van der Waals surface area contributed by atoms with Gasteiger partial charge in [0, 0.05) is 26.0 Å². The number of carbonyl (C=O) groups is 1. The monoisotopic (exact) mass is 199 g/mol. The number of nitrogens with zero attached hydrogens (tertiary/aromatic N) is 2. The standard InChI is InChI=1S/C8H13N3OS/c1-11(2)8(12)3-6-5-13-7(4-9)10-6/h5H,3-4,9H2,1-2H3. The second kappa shape index (κ2) is 4.34. The molecule has 0 unspecified atom stereocenters. The van der Waals surface area contributed by atoms with Crippen LogP contribution in [0.2, 0.25) is 0 Å². The molecule has 0 spiro atoms. The molecular formula is C8H13N3OS. The average molecular weight is 199 g/mol. The van der Waals surface area contributed by atoms with Crippen LogP contribution >= 0.6 is 11.3 Å². The van der Waals surface area contributed by atoms with Crippen LogP contribution in [0.25, 0.3) is 0 Å². The van der Waals surface area contributed by atoms with Crippen molar-refractivity contribution in [1.29, 1.82) is 0 Å². The molecule has 0 aromatic carbocycles. The van der Waals surface area contributed by atoms with E-state index < -0.39 is 0 Å². The summed E-state index contributed by atoms with van der Waals surface area (Å²) in [5.74, 6) is 0.0638. The number of likely N-dealkylation sites (N-methyl/N-ethyl adjacent to an activating group) is 1. The molecule has 72 valence electrons. The van der Waals surface area contributed by atoms with Crippen LogP contribution in [0.15, 0.2) is 5.38 Å². The molecule has 1 aromatic rings. The van der Waals surface area contributed by atoms with E-state index in [2.05, 4.69) is 4.98 Å². The lowest BCUT2D eigenvalue weighted by Gasteiger charge is -2.07. The summed E-state index contributed by atoms with van der Waals surface area (Å²) in [6.07, 6.45) is 0.365. The van der Waals surface area contributed by atoms with Gasteiger partial charge in [-0.3, -0.25) is 4.79 Å². The molecule has 0 atom stereocenters. The van der Waals surface area contributed by atoms with Gasteiger partial charge in [0.15, 0.2) is 0 Å². The van der Waals surface area contributed by atoms with Crippen molar-refractivity contribution >= 4 is 17.2 Å². The lowest BCUT2D eigenvalue weighted by atomic mass is 10.3. The Labute approximate surface area is 81.4 Å². The molecule has 1 rings (SSSR count). The summed E-state index contributed by atoms with van der Waals surface area (Å²) < 4.78 is 0. The van der Waals surface area contributed by atoms with Gasteiger partial charge in [-0.05, 0) is 0 Å². The van der Waals surface area contributed by atoms with Crippen molar-refractivity contribution in [2.24, 2.45) is 5.73 Å². The third-order valence-electron chi connectivity index (χ3n) is 1.61. The highest BCUT2D eigenvalue weighted by Gasteiger charge is 2.08. The van der Waals surface area contributed by atoms with Crippen molar-refractivity contribution in [1.82, 2.24) is 9.88 Å². The van der Waals surface area contributed by atoms with E-state index >= 15 is 0 Å². The van der Waals surface area contributed by atoms with Gasteiger partial charge in [0.05, 0.1) is 12.1 Å². The van der Waals surface area contributed by atoms with Gasteiger partial charge in [-0.25, -0.2) is 4.98 Å². The highest BCUT2D eigenvalue weighted by Crippen LogP contribution is 2.09. The fraction of sp³-hybridized carbons (Fsp3) is 0.500. The number of amides is 1. The predicted octanol–water partition coefficient (Wildman–Crippen LogP) is 0.233. The molecule has 0 saturated carbocycles. The predicted molar refractivity (Wildman–Crippen MR) is 52.4 cm³/mol. The van der Waals surface area contributed by atoms with Crippen LogP contribution < -0.4 is 5.73 Å². The van der Waals surface area contributed by atoms with E-state index in [1.165, 1.54) is 11.3 Å².